The second kappa shape index (κ2) is 9.76. The van der Waals surface area contributed by atoms with Crippen molar-refractivity contribution in [1.29, 1.82) is 0 Å². The third-order valence-electron chi connectivity index (χ3n) is 6.67. The fourth-order valence-corrected chi connectivity index (χ4v) is 4.84. The lowest BCUT2D eigenvalue weighted by Crippen LogP contribution is -2.43. The number of carboxylic acids is 1. The molecule has 0 saturated heterocycles. The summed E-state index contributed by atoms with van der Waals surface area (Å²) in [6, 6.07) is 9.27. The normalized spacial score (nSPS) is 16.6. The maximum atomic E-state index is 11.6. The molecule has 0 aromatic heterocycles. The predicted molar refractivity (Wildman–Crippen MR) is 131 cm³/mol. The van der Waals surface area contributed by atoms with Crippen molar-refractivity contribution < 1.29 is 15.0 Å². The van der Waals surface area contributed by atoms with Gasteiger partial charge in [0.1, 0.15) is 0 Å². The highest BCUT2D eigenvalue weighted by molar-refractivity contribution is 5.81. The van der Waals surface area contributed by atoms with Gasteiger partial charge in [-0.05, 0) is 99.7 Å². The maximum Gasteiger partial charge on any atom is 0.307 e. The van der Waals surface area contributed by atoms with E-state index in [2.05, 4.69) is 49.9 Å². The van der Waals surface area contributed by atoms with Gasteiger partial charge in [0.05, 0.1) is 12.0 Å². The topological polar surface area (TPSA) is 60.8 Å². The molecule has 4 rings (SSSR count). The van der Waals surface area contributed by atoms with E-state index in [0.29, 0.717) is 0 Å². The zero-order valence-electron chi connectivity index (χ0n) is 20.6. The minimum atomic E-state index is -0.752. The van der Waals surface area contributed by atoms with Crippen LogP contribution in [0.5, 0.6) is 0 Å². The van der Waals surface area contributed by atoms with E-state index in [4.69, 9.17) is 5.11 Å². The van der Waals surface area contributed by atoms with Crippen LogP contribution < -0.4 is 0 Å². The SMILES string of the molecule is CC(C)(C)O.Cc1ccc(-c2c(C)c3c(c(C)c2CC(=O)O)CCN(C2CCC2)C3)cc1. The molecule has 1 aliphatic carbocycles. The molecule has 4 nitrogen and oxygen atoms in total. The first-order chi connectivity index (χ1) is 15.0. The average Bonchev–Trinajstić information content (AvgIpc) is 2.64. The van der Waals surface area contributed by atoms with Crippen LogP contribution in [0.1, 0.15) is 73.4 Å². The zero-order chi connectivity index (χ0) is 23.6. The van der Waals surface area contributed by atoms with E-state index in [-0.39, 0.29) is 6.42 Å². The summed E-state index contributed by atoms with van der Waals surface area (Å²) in [6.45, 7) is 13.8. The van der Waals surface area contributed by atoms with Gasteiger partial charge in [0.15, 0.2) is 0 Å². The van der Waals surface area contributed by atoms with E-state index in [1.807, 2.05) is 0 Å². The number of aryl methyl sites for hydroxylation is 1. The van der Waals surface area contributed by atoms with Crippen molar-refractivity contribution in [2.75, 3.05) is 6.54 Å². The molecule has 2 aliphatic rings. The van der Waals surface area contributed by atoms with E-state index in [9.17, 15) is 9.90 Å². The monoisotopic (exact) mass is 437 g/mol. The van der Waals surface area contributed by atoms with E-state index < -0.39 is 11.6 Å². The fourth-order valence-electron chi connectivity index (χ4n) is 4.84. The molecule has 0 bridgehead atoms. The zero-order valence-corrected chi connectivity index (χ0v) is 20.6. The third kappa shape index (κ3) is 5.79. The lowest BCUT2D eigenvalue weighted by Gasteiger charge is -2.42. The standard InChI is InChI=1S/C24H29NO2.C4H10O/c1-15-7-9-18(10-8-15)24-17(3)22-14-25(19-5-4-6-19)12-11-20(22)16(2)21(24)13-23(26)27;1-4(2,3)5/h7-10,19H,4-6,11-14H2,1-3H3,(H,26,27);5H,1-3H3. The Balaban J connectivity index is 0.000000523. The average molecular weight is 438 g/mol. The van der Waals surface area contributed by atoms with E-state index >= 15 is 0 Å². The van der Waals surface area contributed by atoms with Crippen molar-refractivity contribution in [2.24, 2.45) is 0 Å². The molecule has 0 radical (unpaired) electrons. The van der Waals surface area contributed by atoms with Crippen LogP contribution in [0.25, 0.3) is 11.1 Å². The van der Waals surface area contributed by atoms with Crippen LogP contribution in [0, 0.1) is 20.8 Å². The number of nitrogens with zero attached hydrogens (tertiary/aromatic N) is 1. The van der Waals surface area contributed by atoms with Crippen LogP contribution in [0.3, 0.4) is 0 Å². The highest BCUT2D eigenvalue weighted by Gasteiger charge is 2.31. The van der Waals surface area contributed by atoms with Crippen molar-refractivity contribution in [1.82, 2.24) is 4.90 Å². The highest BCUT2D eigenvalue weighted by atomic mass is 16.4. The highest BCUT2D eigenvalue weighted by Crippen LogP contribution is 2.39. The van der Waals surface area contributed by atoms with Crippen LogP contribution in [0.15, 0.2) is 24.3 Å². The number of carboxylic acid groups (broad SMARTS) is 1. The Bertz CT molecular complexity index is 960. The van der Waals surface area contributed by atoms with Crippen molar-refractivity contribution >= 4 is 5.97 Å². The molecule has 2 N–H and O–H groups in total. The van der Waals surface area contributed by atoms with Crippen molar-refractivity contribution in [3.63, 3.8) is 0 Å². The first kappa shape index (κ1) is 24.5. The summed E-state index contributed by atoms with van der Waals surface area (Å²) in [5.74, 6) is -0.752. The largest absolute Gasteiger partial charge is 0.481 e. The summed E-state index contributed by atoms with van der Waals surface area (Å²) in [5.41, 5.74) is 9.32. The molecule has 174 valence electrons. The molecule has 2 aromatic rings. The van der Waals surface area contributed by atoms with Gasteiger partial charge in [0, 0.05) is 19.1 Å². The van der Waals surface area contributed by atoms with Crippen molar-refractivity contribution in [3.8, 4) is 11.1 Å². The number of benzene rings is 2. The van der Waals surface area contributed by atoms with Gasteiger partial charge in [-0.25, -0.2) is 0 Å². The molecule has 32 heavy (non-hydrogen) atoms. The van der Waals surface area contributed by atoms with Crippen molar-refractivity contribution in [2.45, 2.75) is 91.8 Å². The molecule has 0 atom stereocenters. The quantitative estimate of drug-likeness (QED) is 0.654. The number of aliphatic carboxylic acids is 1. The fraction of sp³-hybridized carbons (Fsp3) is 0.536. The first-order valence-corrected chi connectivity index (χ1v) is 11.8. The lowest BCUT2D eigenvalue weighted by atomic mass is 9.80. The molecule has 0 spiro atoms. The molecular weight excluding hydrogens is 398 g/mol. The van der Waals surface area contributed by atoms with Gasteiger partial charge < -0.3 is 10.2 Å². The molecule has 1 saturated carbocycles. The van der Waals surface area contributed by atoms with Crippen LogP contribution in [0.2, 0.25) is 0 Å². The van der Waals surface area contributed by atoms with E-state index in [1.54, 1.807) is 20.8 Å². The van der Waals surface area contributed by atoms with Gasteiger partial charge in [-0.2, -0.15) is 0 Å². The van der Waals surface area contributed by atoms with E-state index in [0.717, 1.165) is 42.2 Å². The van der Waals surface area contributed by atoms with Gasteiger partial charge in [-0.3, -0.25) is 9.69 Å². The summed E-state index contributed by atoms with van der Waals surface area (Å²) in [5, 5.41) is 18.1. The van der Waals surface area contributed by atoms with Crippen LogP contribution in [-0.4, -0.2) is 39.3 Å². The van der Waals surface area contributed by atoms with Gasteiger partial charge >= 0.3 is 5.97 Å². The van der Waals surface area contributed by atoms with Gasteiger partial charge in [-0.1, -0.05) is 36.2 Å². The third-order valence-corrected chi connectivity index (χ3v) is 6.67. The van der Waals surface area contributed by atoms with Gasteiger partial charge in [-0.15, -0.1) is 0 Å². The van der Waals surface area contributed by atoms with E-state index in [1.165, 1.54) is 47.1 Å². The minimum Gasteiger partial charge on any atom is -0.481 e. The second-order valence-electron chi connectivity index (χ2n) is 10.5. The van der Waals surface area contributed by atoms with Crippen molar-refractivity contribution in [3.05, 3.63) is 57.6 Å². The Hall–Kier alpha value is -2.17. The van der Waals surface area contributed by atoms with Crippen LogP contribution in [0.4, 0.5) is 0 Å². The number of aliphatic hydroxyl groups is 1. The summed E-state index contributed by atoms with van der Waals surface area (Å²) in [4.78, 5) is 14.3. The Morgan fingerprint density at radius 1 is 1.03 bits per heavy atom. The lowest BCUT2D eigenvalue weighted by molar-refractivity contribution is -0.136. The Morgan fingerprint density at radius 3 is 2.12 bits per heavy atom. The summed E-state index contributed by atoms with van der Waals surface area (Å²) in [6.07, 6.45) is 5.15. The summed E-state index contributed by atoms with van der Waals surface area (Å²) in [7, 11) is 0. The second-order valence-corrected chi connectivity index (χ2v) is 10.5. The molecule has 1 heterocycles. The Kier molecular flexibility index (Phi) is 7.46. The molecular formula is C28H39NO3. The molecule has 1 aliphatic heterocycles. The summed E-state index contributed by atoms with van der Waals surface area (Å²) >= 11 is 0. The smallest absolute Gasteiger partial charge is 0.307 e. The van der Waals surface area contributed by atoms with Crippen LogP contribution in [-0.2, 0) is 24.2 Å². The summed E-state index contributed by atoms with van der Waals surface area (Å²) < 4.78 is 0. The molecule has 4 heteroatoms. The number of hydrogen-bond donors (Lipinski definition) is 2. The van der Waals surface area contributed by atoms with Crippen LogP contribution >= 0.6 is 0 Å². The minimum absolute atomic E-state index is 0.0928. The first-order valence-electron chi connectivity index (χ1n) is 11.8. The molecule has 2 aromatic carbocycles. The molecule has 0 unspecified atom stereocenters. The number of hydrogen-bond acceptors (Lipinski definition) is 3. The molecule has 0 amide bonds. The van der Waals surface area contributed by atoms with Gasteiger partial charge in [0.25, 0.3) is 0 Å². The van der Waals surface area contributed by atoms with Gasteiger partial charge in [0.2, 0.25) is 0 Å². The number of rotatable bonds is 4. The predicted octanol–water partition coefficient (Wildman–Crippen LogP) is 5.59. The number of fused-ring (bicyclic) bond motifs is 1. The number of carbonyl (C=O) groups is 1. The molecule has 1 fully saturated rings. The maximum absolute atomic E-state index is 11.6. The Labute approximate surface area is 193 Å². The Morgan fingerprint density at radius 2 is 1.62 bits per heavy atom.